The Morgan fingerprint density at radius 3 is 1.70 bits per heavy atom. The van der Waals surface area contributed by atoms with Gasteiger partial charge in [-0.25, -0.2) is 4.99 Å². The van der Waals surface area contributed by atoms with Crippen molar-refractivity contribution in [2.24, 2.45) is 4.99 Å². The molecular formula is C51H37NO. The first-order valence-electron chi connectivity index (χ1n) is 18.0. The summed E-state index contributed by atoms with van der Waals surface area (Å²) >= 11 is 0. The summed E-state index contributed by atoms with van der Waals surface area (Å²) in [5.41, 5.74) is 15.9. The van der Waals surface area contributed by atoms with E-state index in [1.54, 1.807) is 0 Å². The molecule has 0 N–H and O–H groups in total. The van der Waals surface area contributed by atoms with Gasteiger partial charge in [-0.1, -0.05) is 171 Å². The first kappa shape index (κ1) is 32.2. The minimum absolute atomic E-state index is 0.502. The molecule has 53 heavy (non-hydrogen) atoms. The summed E-state index contributed by atoms with van der Waals surface area (Å²) in [4.78, 5) is 5.25. The lowest BCUT2D eigenvalue weighted by atomic mass is 9.66. The first-order chi connectivity index (χ1) is 26.1. The highest BCUT2D eigenvalue weighted by Crippen LogP contribution is 2.62. The van der Waals surface area contributed by atoms with Gasteiger partial charge in [0.15, 0.2) is 0 Å². The van der Waals surface area contributed by atoms with E-state index in [1.807, 2.05) is 42.5 Å². The number of rotatable bonds is 7. The number of hydrogen-bond acceptors (Lipinski definition) is 2. The molecule has 252 valence electrons. The van der Waals surface area contributed by atoms with Crippen LogP contribution in [-0.2, 0) is 5.41 Å². The highest BCUT2D eigenvalue weighted by atomic mass is 16.5. The average molecular weight is 680 g/mol. The van der Waals surface area contributed by atoms with Crippen LogP contribution in [0.1, 0.15) is 45.9 Å². The Kier molecular flexibility index (Phi) is 7.94. The number of hydrogen-bond donors (Lipinski definition) is 0. The quantitative estimate of drug-likeness (QED) is 0.121. The highest BCUT2D eigenvalue weighted by molar-refractivity contribution is 6.11. The van der Waals surface area contributed by atoms with E-state index >= 15 is 0 Å². The van der Waals surface area contributed by atoms with Crippen molar-refractivity contribution < 1.29 is 4.74 Å². The fourth-order valence-electron chi connectivity index (χ4n) is 8.18. The van der Waals surface area contributed by atoms with E-state index < -0.39 is 5.41 Å². The van der Waals surface area contributed by atoms with E-state index in [2.05, 4.69) is 160 Å². The number of aliphatic imine (C=N–C) groups is 1. The third-order valence-corrected chi connectivity index (χ3v) is 10.8. The second kappa shape index (κ2) is 13.1. The van der Waals surface area contributed by atoms with Crippen molar-refractivity contribution in [1.29, 1.82) is 0 Å². The summed E-state index contributed by atoms with van der Waals surface area (Å²) in [6.07, 6.45) is 1.84. The summed E-state index contributed by atoms with van der Waals surface area (Å²) in [6, 6.07) is 62.0. The zero-order chi connectivity index (χ0) is 35.9. The summed E-state index contributed by atoms with van der Waals surface area (Å²) in [7, 11) is 0. The van der Waals surface area contributed by atoms with Crippen LogP contribution in [0.4, 0.5) is 0 Å². The van der Waals surface area contributed by atoms with E-state index in [1.165, 1.54) is 22.3 Å². The lowest BCUT2D eigenvalue weighted by Gasteiger charge is -2.39. The van der Waals surface area contributed by atoms with E-state index in [0.717, 1.165) is 73.0 Å². The van der Waals surface area contributed by atoms with E-state index in [4.69, 9.17) is 9.73 Å². The topological polar surface area (TPSA) is 21.6 Å². The van der Waals surface area contributed by atoms with Crippen LogP contribution >= 0.6 is 0 Å². The maximum atomic E-state index is 6.65. The largest absolute Gasteiger partial charge is 0.457 e. The van der Waals surface area contributed by atoms with Gasteiger partial charge >= 0.3 is 0 Å². The number of allylic oxidation sites excluding steroid dienone is 3. The molecule has 7 aromatic rings. The van der Waals surface area contributed by atoms with Gasteiger partial charge in [-0.3, -0.25) is 0 Å². The predicted molar refractivity (Wildman–Crippen MR) is 221 cm³/mol. The van der Waals surface area contributed by atoms with Crippen LogP contribution < -0.4 is 4.74 Å². The fourth-order valence-corrected chi connectivity index (χ4v) is 8.18. The van der Waals surface area contributed by atoms with Crippen LogP contribution in [-0.4, -0.2) is 5.71 Å². The van der Waals surface area contributed by atoms with Gasteiger partial charge in [0.1, 0.15) is 11.5 Å². The van der Waals surface area contributed by atoms with Crippen molar-refractivity contribution in [1.82, 2.24) is 0 Å². The average Bonchev–Trinajstić information content (AvgIpc) is 3.52. The highest BCUT2D eigenvalue weighted by Gasteiger charge is 2.50. The van der Waals surface area contributed by atoms with Crippen molar-refractivity contribution in [3.05, 3.63) is 240 Å². The molecule has 0 amide bonds. The van der Waals surface area contributed by atoms with Crippen LogP contribution in [0.25, 0.3) is 33.5 Å². The monoisotopic (exact) mass is 679 g/mol. The Hall–Kier alpha value is -6.77. The van der Waals surface area contributed by atoms with Crippen LogP contribution in [0, 0.1) is 0 Å². The Morgan fingerprint density at radius 2 is 1.06 bits per heavy atom. The van der Waals surface area contributed by atoms with Gasteiger partial charge in [0.2, 0.25) is 0 Å². The van der Waals surface area contributed by atoms with Gasteiger partial charge in [0, 0.05) is 22.3 Å². The molecule has 1 aliphatic carbocycles. The van der Waals surface area contributed by atoms with Crippen LogP contribution in [0.3, 0.4) is 0 Å². The summed E-state index contributed by atoms with van der Waals surface area (Å²) in [5, 5.41) is 0. The van der Waals surface area contributed by atoms with E-state index in [9.17, 15) is 0 Å². The molecule has 2 aliphatic rings. The summed E-state index contributed by atoms with van der Waals surface area (Å²) in [6.45, 7) is 10.7. The predicted octanol–water partition coefficient (Wildman–Crippen LogP) is 12.9. The molecule has 0 aromatic heterocycles. The Morgan fingerprint density at radius 1 is 0.528 bits per heavy atom. The second-order valence-corrected chi connectivity index (χ2v) is 13.6. The molecular weight excluding hydrogens is 643 g/mol. The van der Waals surface area contributed by atoms with E-state index in [-0.39, 0.29) is 0 Å². The normalized spacial score (nSPS) is 13.9. The SMILES string of the molecule is C=C/C(=N\C(=C(\C)C(=C)c1ccccc1)c1ccccc1)c1ccc(-c2ccc3c(c2)C2(c4ccccc4O3)c3ccccc3-c3ccccc32)cc1. The Bertz CT molecular complexity index is 2560. The zero-order valence-electron chi connectivity index (χ0n) is 29.6. The minimum Gasteiger partial charge on any atom is -0.457 e. The molecule has 0 saturated carbocycles. The first-order valence-corrected chi connectivity index (χ1v) is 18.0. The van der Waals surface area contributed by atoms with Gasteiger partial charge in [0.25, 0.3) is 0 Å². The van der Waals surface area contributed by atoms with Crippen molar-refractivity contribution in [2.75, 3.05) is 0 Å². The third-order valence-electron chi connectivity index (χ3n) is 10.8. The molecule has 2 nitrogen and oxygen atoms in total. The molecule has 1 aliphatic heterocycles. The molecule has 1 heterocycles. The number of ether oxygens (including phenoxy) is 1. The summed E-state index contributed by atoms with van der Waals surface area (Å²) < 4.78 is 6.65. The third kappa shape index (κ3) is 5.22. The van der Waals surface area contributed by atoms with Crippen LogP contribution in [0.15, 0.2) is 206 Å². The summed E-state index contributed by atoms with van der Waals surface area (Å²) in [5.74, 6) is 1.77. The maximum Gasteiger partial charge on any atom is 0.132 e. The van der Waals surface area contributed by atoms with Gasteiger partial charge in [-0.15, -0.1) is 0 Å². The van der Waals surface area contributed by atoms with Crippen molar-refractivity contribution >= 4 is 17.0 Å². The fraction of sp³-hybridized carbons (Fsp3) is 0.0392. The molecule has 2 heteroatoms. The number of fused-ring (bicyclic) bond motifs is 9. The molecule has 9 rings (SSSR count). The van der Waals surface area contributed by atoms with Gasteiger partial charge < -0.3 is 4.74 Å². The minimum atomic E-state index is -0.502. The Balaban J connectivity index is 1.14. The lowest BCUT2D eigenvalue weighted by Crippen LogP contribution is -2.32. The van der Waals surface area contributed by atoms with Crippen LogP contribution in [0.5, 0.6) is 11.5 Å². The van der Waals surface area contributed by atoms with Gasteiger partial charge in [-0.2, -0.15) is 0 Å². The van der Waals surface area contributed by atoms with Gasteiger partial charge in [0.05, 0.1) is 16.8 Å². The number of benzene rings is 7. The maximum absolute atomic E-state index is 6.65. The Labute approximate surface area is 311 Å². The van der Waals surface area contributed by atoms with E-state index in [0.29, 0.717) is 0 Å². The van der Waals surface area contributed by atoms with Gasteiger partial charge in [-0.05, 0) is 81.3 Å². The molecule has 0 radical (unpaired) electrons. The standard InChI is InChI=1S/C51H37NO/c1-4-47(52-50(39-19-9-6-10-20-39)35(3)34(2)36-17-7-5-8-18-36)38-29-27-37(28-30-38)40-31-32-49-46(33-40)51(45-25-15-16-26-48(45)53-49)43-23-13-11-21-41(43)42-22-12-14-24-44(42)51/h4-33H,1-2H2,3H3/b50-35-,52-47+. The van der Waals surface area contributed by atoms with Crippen molar-refractivity contribution in [3.8, 4) is 33.8 Å². The number of para-hydroxylation sites is 1. The molecule has 1 spiro atoms. The molecule has 0 atom stereocenters. The molecule has 0 fully saturated rings. The lowest BCUT2D eigenvalue weighted by molar-refractivity contribution is 0.436. The molecule has 7 aromatic carbocycles. The second-order valence-electron chi connectivity index (χ2n) is 13.6. The molecule has 0 saturated heterocycles. The smallest absolute Gasteiger partial charge is 0.132 e. The molecule has 0 unspecified atom stereocenters. The number of nitrogens with zero attached hydrogens (tertiary/aromatic N) is 1. The van der Waals surface area contributed by atoms with Crippen molar-refractivity contribution in [2.45, 2.75) is 12.3 Å². The molecule has 0 bridgehead atoms. The zero-order valence-corrected chi connectivity index (χ0v) is 29.6. The van der Waals surface area contributed by atoms with Crippen molar-refractivity contribution in [3.63, 3.8) is 0 Å². The van der Waals surface area contributed by atoms with Crippen LogP contribution in [0.2, 0.25) is 0 Å².